The fraction of sp³-hybridized carbons (Fsp3) is 0.429. The van der Waals surface area contributed by atoms with Gasteiger partial charge in [0.25, 0.3) is 6.17 Å². The second-order valence-electron chi connectivity index (χ2n) is 5.78. The Morgan fingerprint density at radius 2 is 2.09 bits per heavy atom. The monoisotopic (exact) mass is 339 g/mol. The fourth-order valence-corrected chi connectivity index (χ4v) is 4.49. The van der Waals surface area contributed by atoms with Crippen LogP contribution in [0.2, 0.25) is 0 Å². The third-order valence-corrected chi connectivity index (χ3v) is 5.95. The van der Waals surface area contributed by atoms with Gasteiger partial charge in [-0.1, -0.05) is 30.3 Å². The first-order valence-electron chi connectivity index (χ1n) is 7.12. The number of amides is 2. The van der Waals surface area contributed by atoms with Crippen LogP contribution in [-0.4, -0.2) is 59.9 Å². The number of hydroxylamine groups is 2. The number of likely N-dealkylation sites (tertiary alicyclic amines) is 1. The van der Waals surface area contributed by atoms with E-state index in [1.165, 1.54) is 4.90 Å². The molecule has 8 nitrogen and oxygen atoms in total. The molecule has 2 amide bonds. The van der Waals surface area contributed by atoms with Crippen LogP contribution in [0.5, 0.6) is 0 Å². The Hall–Kier alpha value is -1.97. The van der Waals surface area contributed by atoms with Gasteiger partial charge in [0, 0.05) is 13.0 Å². The van der Waals surface area contributed by atoms with E-state index in [4.69, 9.17) is 0 Å². The molecule has 2 aliphatic rings. The molecule has 2 heterocycles. The number of urea groups is 1. The van der Waals surface area contributed by atoms with E-state index in [-0.39, 0.29) is 0 Å². The van der Waals surface area contributed by atoms with E-state index in [0.29, 0.717) is 18.5 Å². The van der Waals surface area contributed by atoms with Crippen molar-refractivity contribution in [3.05, 3.63) is 35.9 Å². The zero-order valence-electron chi connectivity index (χ0n) is 12.4. The van der Waals surface area contributed by atoms with E-state index in [0.717, 1.165) is 6.26 Å². The van der Waals surface area contributed by atoms with Crippen LogP contribution >= 0.6 is 0 Å². The summed E-state index contributed by atoms with van der Waals surface area (Å²) in [6.45, 7) is 0.331. The number of hydrogen-bond donors (Lipinski definition) is 2. The van der Waals surface area contributed by atoms with Gasteiger partial charge < -0.3 is 5.32 Å². The number of quaternary nitrogens is 1. The van der Waals surface area contributed by atoms with Gasteiger partial charge in [0.05, 0.1) is 6.26 Å². The summed E-state index contributed by atoms with van der Waals surface area (Å²) >= 11 is 0. The zero-order chi connectivity index (χ0) is 16.8. The van der Waals surface area contributed by atoms with Crippen molar-refractivity contribution in [3.63, 3.8) is 0 Å². The third kappa shape index (κ3) is 2.41. The molecule has 0 bridgehead atoms. The second kappa shape index (κ2) is 5.29. The average Bonchev–Trinajstić information content (AvgIpc) is 2.92. The number of nitrogens with one attached hydrogen (secondary N) is 1. The van der Waals surface area contributed by atoms with E-state index in [9.17, 15) is 23.2 Å². The first-order chi connectivity index (χ1) is 10.8. The van der Waals surface area contributed by atoms with Crippen molar-refractivity contribution >= 4 is 22.3 Å². The Morgan fingerprint density at radius 1 is 1.43 bits per heavy atom. The minimum Gasteiger partial charge on any atom is -0.323 e. The number of rotatable bonds is 4. The van der Waals surface area contributed by atoms with E-state index in [2.05, 4.69) is 5.32 Å². The Balaban J connectivity index is 1.74. The molecule has 123 valence electrons. The van der Waals surface area contributed by atoms with E-state index < -0.39 is 38.4 Å². The lowest BCUT2D eigenvalue weighted by molar-refractivity contribution is -0.920. The van der Waals surface area contributed by atoms with Crippen molar-refractivity contribution in [1.82, 2.24) is 10.2 Å². The van der Waals surface area contributed by atoms with Crippen LogP contribution in [0.1, 0.15) is 18.0 Å². The highest BCUT2D eigenvalue weighted by atomic mass is 32.2. The molecule has 1 radical (unpaired) electrons. The highest BCUT2D eigenvalue weighted by molar-refractivity contribution is 7.85. The van der Waals surface area contributed by atoms with E-state index in [1.54, 1.807) is 36.6 Å². The standard InChI is InChI=1S/C14H16N3O5S/c1-23(21,22)17(20)12-7-8-16(13(12)17)14(19)15-11(9-18)10-5-3-2-4-6-10/h2-6,11-13,20H,7-8H2,1H3/p+1. The molecule has 0 spiro atoms. The van der Waals surface area contributed by atoms with Crippen molar-refractivity contribution in [2.75, 3.05) is 12.8 Å². The third-order valence-electron chi connectivity index (χ3n) is 4.40. The Labute approximate surface area is 133 Å². The van der Waals surface area contributed by atoms with Gasteiger partial charge in [-0.3, -0.25) is 9.69 Å². The maximum atomic E-state index is 12.4. The van der Waals surface area contributed by atoms with Gasteiger partial charge in [-0.15, -0.1) is 0 Å². The Bertz CT molecular complexity index is 738. The highest BCUT2D eigenvalue weighted by Crippen LogP contribution is 2.49. The molecular weight excluding hydrogens is 322 g/mol. The summed E-state index contributed by atoms with van der Waals surface area (Å²) in [6, 6.07) is 6.56. The van der Waals surface area contributed by atoms with Gasteiger partial charge in [-0.25, -0.2) is 4.79 Å². The molecule has 9 heteroatoms. The summed E-state index contributed by atoms with van der Waals surface area (Å²) in [6.07, 6.45) is 2.27. The van der Waals surface area contributed by atoms with Gasteiger partial charge in [0.2, 0.25) is 12.3 Å². The lowest BCUT2D eigenvalue weighted by Gasteiger charge is -2.23. The molecule has 4 unspecified atom stereocenters. The quantitative estimate of drug-likeness (QED) is 0.599. The molecule has 2 aliphatic heterocycles. The van der Waals surface area contributed by atoms with Gasteiger partial charge in [0.15, 0.2) is 0 Å². The minimum atomic E-state index is -3.75. The molecule has 0 aromatic heterocycles. The van der Waals surface area contributed by atoms with Crippen LogP contribution in [0.15, 0.2) is 30.3 Å². The maximum Gasteiger partial charge on any atom is 0.326 e. The Morgan fingerprint density at radius 3 is 2.61 bits per heavy atom. The summed E-state index contributed by atoms with van der Waals surface area (Å²) in [4.78, 5) is 24.7. The fourth-order valence-electron chi connectivity index (χ4n) is 3.19. The smallest absolute Gasteiger partial charge is 0.323 e. The zero-order valence-corrected chi connectivity index (χ0v) is 13.2. The summed E-state index contributed by atoms with van der Waals surface area (Å²) in [5.41, 5.74) is 0.579. The van der Waals surface area contributed by atoms with Gasteiger partial charge in [-0.05, 0) is 9.62 Å². The molecule has 1 aromatic carbocycles. The number of fused-ring (bicyclic) bond motifs is 1. The lowest BCUT2D eigenvalue weighted by atomic mass is 10.1. The van der Waals surface area contributed by atoms with Gasteiger partial charge in [-0.2, -0.15) is 13.6 Å². The molecule has 1 aromatic rings. The number of carbonyl (C=O) groups is 1. The number of nitrogens with zero attached hydrogens (tertiary/aromatic N) is 2. The SMILES string of the molecule is CS(=O)(=O)[N+]1(O)C2CCN(C(=O)NC([C]=O)c3ccccc3)C21. The van der Waals surface area contributed by atoms with Crippen molar-refractivity contribution in [2.45, 2.75) is 24.7 Å². The Kier molecular flexibility index (Phi) is 3.66. The molecule has 3 rings (SSSR count). The number of sulfonamides is 1. The molecule has 2 N–H and O–H groups in total. The predicted octanol–water partition coefficient (Wildman–Crippen LogP) is 0.127. The van der Waals surface area contributed by atoms with E-state index in [1.807, 2.05) is 0 Å². The van der Waals surface area contributed by atoms with Crippen LogP contribution < -0.4 is 5.32 Å². The predicted molar refractivity (Wildman–Crippen MR) is 79.2 cm³/mol. The molecule has 23 heavy (non-hydrogen) atoms. The minimum absolute atomic E-state index is 0.331. The average molecular weight is 339 g/mol. The lowest BCUT2D eigenvalue weighted by Crippen LogP contribution is -2.48. The van der Waals surface area contributed by atoms with Crippen LogP contribution in [0.3, 0.4) is 0 Å². The summed E-state index contributed by atoms with van der Waals surface area (Å²) in [5, 5.41) is 12.7. The highest BCUT2D eigenvalue weighted by Gasteiger charge is 2.80. The van der Waals surface area contributed by atoms with Crippen molar-refractivity contribution in [1.29, 1.82) is 0 Å². The second-order valence-corrected chi connectivity index (χ2v) is 7.83. The normalized spacial score (nSPS) is 30.4. The molecule has 2 saturated heterocycles. The largest absolute Gasteiger partial charge is 0.326 e. The van der Waals surface area contributed by atoms with Crippen molar-refractivity contribution in [2.24, 2.45) is 0 Å². The van der Waals surface area contributed by atoms with Crippen molar-refractivity contribution in [3.8, 4) is 0 Å². The number of hydrogen-bond acceptors (Lipinski definition) is 5. The molecule has 2 fully saturated rings. The number of carbonyl (C=O) groups excluding carboxylic acids is 2. The molecule has 0 saturated carbocycles. The van der Waals surface area contributed by atoms with E-state index >= 15 is 0 Å². The molecule has 4 atom stereocenters. The first-order valence-corrected chi connectivity index (χ1v) is 8.96. The topological polar surface area (TPSA) is 104 Å². The van der Waals surface area contributed by atoms with Gasteiger partial charge in [0.1, 0.15) is 6.04 Å². The number of benzene rings is 1. The maximum absolute atomic E-state index is 12.4. The van der Waals surface area contributed by atoms with Crippen LogP contribution in [-0.2, 0) is 14.8 Å². The summed E-state index contributed by atoms with van der Waals surface area (Å²) in [5.74, 6) is 0. The van der Waals surface area contributed by atoms with Gasteiger partial charge >= 0.3 is 16.1 Å². The summed E-state index contributed by atoms with van der Waals surface area (Å²) in [7, 11) is -3.75. The van der Waals surface area contributed by atoms with Crippen molar-refractivity contribution < 1.29 is 27.3 Å². The first kappa shape index (κ1) is 15.9. The van der Waals surface area contributed by atoms with Crippen LogP contribution in [0.4, 0.5) is 4.79 Å². The van der Waals surface area contributed by atoms with Crippen LogP contribution in [0, 0.1) is 0 Å². The summed E-state index contributed by atoms with van der Waals surface area (Å²) < 4.78 is 22.3. The molecule has 0 aliphatic carbocycles. The molecular formula is C14H17N3O5S+. The van der Waals surface area contributed by atoms with Crippen LogP contribution in [0.25, 0.3) is 0 Å².